The van der Waals surface area contributed by atoms with Gasteiger partial charge in [0.1, 0.15) is 6.61 Å². The van der Waals surface area contributed by atoms with E-state index in [0.717, 1.165) is 38.4 Å². The second-order valence-corrected chi connectivity index (χ2v) is 3.47. The van der Waals surface area contributed by atoms with Crippen molar-refractivity contribution >= 4 is 0 Å². The van der Waals surface area contributed by atoms with Crippen molar-refractivity contribution in [2.45, 2.75) is 13.2 Å². The second kappa shape index (κ2) is 4.54. The van der Waals surface area contributed by atoms with Gasteiger partial charge in [0.15, 0.2) is 5.76 Å². The van der Waals surface area contributed by atoms with Gasteiger partial charge < -0.3 is 14.9 Å². The molecule has 1 aliphatic rings. The van der Waals surface area contributed by atoms with Crippen LogP contribution in [0.5, 0.6) is 0 Å². The van der Waals surface area contributed by atoms with Crippen LogP contribution in [0.1, 0.15) is 11.5 Å². The lowest BCUT2D eigenvalue weighted by Crippen LogP contribution is -2.42. The Morgan fingerprint density at radius 3 is 2.93 bits per heavy atom. The number of aliphatic hydroxyl groups excluding tert-OH is 1. The molecule has 0 aromatic carbocycles. The molecule has 1 aromatic rings. The van der Waals surface area contributed by atoms with Gasteiger partial charge in [-0.25, -0.2) is 0 Å². The summed E-state index contributed by atoms with van der Waals surface area (Å²) in [4.78, 5) is 2.31. The van der Waals surface area contributed by atoms with Crippen molar-refractivity contribution in [3.8, 4) is 0 Å². The number of aliphatic hydroxyl groups is 1. The average Bonchev–Trinajstić information content (AvgIpc) is 2.67. The molecule has 1 saturated heterocycles. The third kappa shape index (κ3) is 2.31. The Bertz CT molecular complexity index is 281. The molecular formula is C9H15N3O2. The average molecular weight is 197 g/mol. The van der Waals surface area contributed by atoms with E-state index in [4.69, 9.17) is 9.63 Å². The minimum Gasteiger partial charge on any atom is -0.388 e. The van der Waals surface area contributed by atoms with Crippen molar-refractivity contribution in [3.05, 3.63) is 17.5 Å². The van der Waals surface area contributed by atoms with Gasteiger partial charge in [-0.1, -0.05) is 5.16 Å². The van der Waals surface area contributed by atoms with Crippen LogP contribution in [0.25, 0.3) is 0 Å². The summed E-state index contributed by atoms with van der Waals surface area (Å²) in [5.41, 5.74) is 0.899. The molecule has 0 aliphatic carbocycles. The molecule has 1 fully saturated rings. The molecule has 0 unspecified atom stereocenters. The molecule has 1 aliphatic heterocycles. The summed E-state index contributed by atoms with van der Waals surface area (Å²) in [5.74, 6) is 0.537. The molecule has 2 rings (SSSR count). The van der Waals surface area contributed by atoms with E-state index in [-0.39, 0.29) is 6.61 Å². The quantitative estimate of drug-likeness (QED) is 0.688. The van der Waals surface area contributed by atoms with E-state index in [1.54, 1.807) is 0 Å². The SMILES string of the molecule is OCc1cc(CN2CCNCC2)no1. The first-order valence-corrected chi connectivity index (χ1v) is 4.87. The summed E-state index contributed by atoms with van der Waals surface area (Å²) in [6.07, 6.45) is 0. The number of aromatic nitrogens is 1. The lowest BCUT2D eigenvalue weighted by molar-refractivity contribution is 0.217. The molecular weight excluding hydrogens is 182 g/mol. The van der Waals surface area contributed by atoms with Crippen LogP contribution >= 0.6 is 0 Å². The number of nitrogens with one attached hydrogen (secondary N) is 1. The smallest absolute Gasteiger partial charge is 0.162 e. The van der Waals surface area contributed by atoms with E-state index in [9.17, 15) is 0 Å². The van der Waals surface area contributed by atoms with Crippen LogP contribution in [0.3, 0.4) is 0 Å². The van der Waals surface area contributed by atoms with Gasteiger partial charge in [0.25, 0.3) is 0 Å². The lowest BCUT2D eigenvalue weighted by atomic mass is 10.3. The normalized spacial score (nSPS) is 18.6. The Morgan fingerprint density at radius 2 is 2.29 bits per heavy atom. The molecule has 2 heterocycles. The van der Waals surface area contributed by atoms with Crippen molar-refractivity contribution in [1.29, 1.82) is 0 Å². The third-order valence-corrected chi connectivity index (χ3v) is 2.36. The maximum Gasteiger partial charge on any atom is 0.162 e. The fourth-order valence-corrected chi connectivity index (χ4v) is 1.60. The van der Waals surface area contributed by atoms with Crippen molar-refractivity contribution in [2.24, 2.45) is 0 Å². The zero-order valence-electron chi connectivity index (χ0n) is 8.07. The Labute approximate surface area is 82.7 Å². The topological polar surface area (TPSA) is 61.5 Å². The zero-order chi connectivity index (χ0) is 9.80. The van der Waals surface area contributed by atoms with Crippen LogP contribution in [-0.2, 0) is 13.2 Å². The first kappa shape index (κ1) is 9.64. The van der Waals surface area contributed by atoms with Gasteiger partial charge in [-0.3, -0.25) is 4.90 Å². The molecule has 0 radical (unpaired) electrons. The molecule has 5 nitrogen and oxygen atoms in total. The highest BCUT2D eigenvalue weighted by molar-refractivity contribution is 5.04. The van der Waals surface area contributed by atoms with Gasteiger partial charge in [-0.15, -0.1) is 0 Å². The van der Waals surface area contributed by atoms with Crippen LogP contribution in [0.15, 0.2) is 10.6 Å². The number of hydrogen-bond acceptors (Lipinski definition) is 5. The molecule has 0 amide bonds. The van der Waals surface area contributed by atoms with Crippen LogP contribution in [0, 0.1) is 0 Å². The van der Waals surface area contributed by atoms with E-state index in [1.807, 2.05) is 6.07 Å². The van der Waals surface area contributed by atoms with Gasteiger partial charge >= 0.3 is 0 Å². The van der Waals surface area contributed by atoms with E-state index < -0.39 is 0 Å². The lowest BCUT2D eigenvalue weighted by Gasteiger charge is -2.25. The summed E-state index contributed by atoms with van der Waals surface area (Å²) in [6, 6.07) is 1.81. The van der Waals surface area contributed by atoms with Crippen LogP contribution in [0.4, 0.5) is 0 Å². The second-order valence-electron chi connectivity index (χ2n) is 3.47. The minimum atomic E-state index is -0.0748. The molecule has 14 heavy (non-hydrogen) atoms. The first-order chi connectivity index (χ1) is 6.88. The van der Waals surface area contributed by atoms with Crippen LogP contribution < -0.4 is 5.32 Å². The number of piperazine rings is 1. The highest BCUT2D eigenvalue weighted by Gasteiger charge is 2.12. The summed E-state index contributed by atoms with van der Waals surface area (Å²) in [7, 11) is 0. The number of nitrogens with zero attached hydrogens (tertiary/aromatic N) is 2. The Morgan fingerprint density at radius 1 is 1.50 bits per heavy atom. The van der Waals surface area contributed by atoms with E-state index in [1.165, 1.54) is 0 Å². The predicted molar refractivity (Wildman–Crippen MR) is 50.6 cm³/mol. The maximum atomic E-state index is 8.80. The van der Waals surface area contributed by atoms with Crippen molar-refractivity contribution in [3.63, 3.8) is 0 Å². The van der Waals surface area contributed by atoms with Gasteiger partial charge in [0.05, 0.1) is 5.69 Å². The Kier molecular flexibility index (Phi) is 3.13. The summed E-state index contributed by atoms with van der Waals surface area (Å²) in [6.45, 7) is 4.89. The molecule has 0 saturated carbocycles. The van der Waals surface area contributed by atoms with E-state index >= 15 is 0 Å². The standard InChI is InChI=1S/C9H15N3O2/c13-7-9-5-8(11-14-9)6-12-3-1-10-2-4-12/h5,10,13H,1-4,6-7H2. The van der Waals surface area contributed by atoms with Crippen molar-refractivity contribution in [2.75, 3.05) is 26.2 Å². The summed E-state index contributed by atoms with van der Waals surface area (Å²) < 4.78 is 4.91. The molecule has 0 spiro atoms. The molecule has 78 valence electrons. The fraction of sp³-hybridized carbons (Fsp3) is 0.667. The molecule has 2 N–H and O–H groups in total. The highest BCUT2D eigenvalue weighted by atomic mass is 16.5. The number of hydrogen-bond donors (Lipinski definition) is 2. The van der Waals surface area contributed by atoms with Crippen molar-refractivity contribution < 1.29 is 9.63 Å². The van der Waals surface area contributed by atoms with Gasteiger partial charge in [-0.2, -0.15) is 0 Å². The predicted octanol–water partition coefficient (Wildman–Crippen LogP) is -0.428. The summed E-state index contributed by atoms with van der Waals surface area (Å²) >= 11 is 0. The van der Waals surface area contributed by atoms with Crippen LogP contribution in [-0.4, -0.2) is 41.3 Å². The fourth-order valence-electron chi connectivity index (χ4n) is 1.60. The highest BCUT2D eigenvalue weighted by Crippen LogP contribution is 2.07. The Hall–Kier alpha value is -0.910. The van der Waals surface area contributed by atoms with Crippen molar-refractivity contribution in [1.82, 2.24) is 15.4 Å². The largest absolute Gasteiger partial charge is 0.388 e. The minimum absolute atomic E-state index is 0.0748. The molecule has 0 bridgehead atoms. The third-order valence-electron chi connectivity index (χ3n) is 2.36. The first-order valence-electron chi connectivity index (χ1n) is 4.87. The molecule has 0 atom stereocenters. The number of rotatable bonds is 3. The maximum absolute atomic E-state index is 8.80. The van der Waals surface area contributed by atoms with Gasteiger partial charge in [0.2, 0.25) is 0 Å². The zero-order valence-corrected chi connectivity index (χ0v) is 8.07. The van der Waals surface area contributed by atoms with Gasteiger partial charge in [-0.05, 0) is 0 Å². The Balaban J connectivity index is 1.89. The van der Waals surface area contributed by atoms with E-state index in [2.05, 4.69) is 15.4 Å². The van der Waals surface area contributed by atoms with Crippen LogP contribution in [0.2, 0.25) is 0 Å². The van der Waals surface area contributed by atoms with Gasteiger partial charge in [0, 0.05) is 38.8 Å². The summed E-state index contributed by atoms with van der Waals surface area (Å²) in [5, 5.41) is 16.0. The monoisotopic (exact) mass is 197 g/mol. The van der Waals surface area contributed by atoms with E-state index in [0.29, 0.717) is 5.76 Å². The molecule has 1 aromatic heterocycles. The molecule has 5 heteroatoms.